The molecular formula is C17H25NO3. The van der Waals surface area contributed by atoms with Crippen LogP contribution in [0, 0.1) is 5.92 Å². The fraction of sp³-hybridized carbons (Fsp3) is 0.529. The molecule has 2 N–H and O–H groups in total. The zero-order chi connectivity index (χ0) is 15.8. The van der Waals surface area contributed by atoms with Crippen LogP contribution in [0.4, 0.5) is 0 Å². The van der Waals surface area contributed by atoms with Crippen LogP contribution in [0.15, 0.2) is 30.3 Å². The van der Waals surface area contributed by atoms with E-state index in [1.165, 1.54) is 5.56 Å². The van der Waals surface area contributed by atoms with E-state index in [4.69, 9.17) is 5.11 Å². The molecular weight excluding hydrogens is 266 g/mol. The van der Waals surface area contributed by atoms with E-state index in [0.29, 0.717) is 12.8 Å². The first-order chi connectivity index (χ1) is 9.95. The minimum Gasteiger partial charge on any atom is -0.480 e. The molecule has 0 aliphatic carbocycles. The fourth-order valence-electron chi connectivity index (χ4n) is 2.22. The van der Waals surface area contributed by atoms with E-state index in [1.54, 1.807) is 0 Å². The number of rotatable bonds is 8. The molecule has 1 aromatic carbocycles. The van der Waals surface area contributed by atoms with Crippen molar-refractivity contribution >= 4 is 11.9 Å². The topological polar surface area (TPSA) is 66.4 Å². The highest BCUT2D eigenvalue weighted by atomic mass is 16.4. The van der Waals surface area contributed by atoms with Gasteiger partial charge in [0.1, 0.15) is 6.04 Å². The number of carbonyl (C=O) groups excluding carboxylic acids is 1. The molecule has 1 rings (SSSR count). The van der Waals surface area contributed by atoms with Gasteiger partial charge in [0, 0.05) is 6.42 Å². The summed E-state index contributed by atoms with van der Waals surface area (Å²) in [6.07, 6.45) is 1.77. The van der Waals surface area contributed by atoms with Crippen molar-refractivity contribution in [1.82, 2.24) is 5.32 Å². The number of aliphatic carboxylic acids is 1. The van der Waals surface area contributed by atoms with Crippen molar-refractivity contribution in [2.24, 2.45) is 5.92 Å². The molecule has 3 atom stereocenters. The van der Waals surface area contributed by atoms with Crippen LogP contribution in [0.1, 0.15) is 51.5 Å². The van der Waals surface area contributed by atoms with Crippen molar-refractivity contribution in [3.8, 4) is 0 Å². The Hall–Kier alpha value is -1.84. The zero-order valence-corrected chi connectivity index (χ0v) is 13.0. The molecule has 0 heterocycles. The summed E-state index contributed by atoms with van der Waals surface area (Å²) in [5.41, 5.74) is 1.20. The molecule has 4 nitrogen and oxygen atoms in total. The lowest BCUT2D eigenvalue weighted by molar-refractivity contribution is -0.143. The van der Waals surface area contributed by atoms with Crippen molar-refractivity contribution in [2.75, 3.05) is 0 Å². The zero-order valence-electron chi connectivity index (χ0n) is 13.0. The highest BCUT2D eigenvalue weighted by Crippen LogP contribution is 2.20. The number of hydrogen-bond donors (Lipinski definition) is 2. The van der Waals surface area contributed by atoms with Gasteiger partial charge in [-0.15, -0.1) is 0 Å². The van der Waals surface area contributed by atoms with Crippen LogP contribution in [-0.2, 0) is 9.59 Å². The summed E-state index contributed by atoms with van der Waals surface area (Å²) in [4.78, 5) is 23.1. The molecule has 4 heteroatoms. The second kappa shape index (κ2) is 8.45. The predicted octanol–water partition coefficient (Wildman–Crippen LogP) is 3.19. The summed E-state index contributed by atoms with van der Waals surface area (Å²) < 4.78 is 0. The third kappa shape index (κ3) is 5.58. The Morgan fingerprint density at radius 1 is 1.19 bits per heavy atom. The molecule has 0 aromatic heterocycles. The highest BCUT2D eigenvalue weighted by molar-refractivity contribution is 5.83. The van der Waals surface area contributed by atoms with Crippen LogP contribution in [0.3, 0.4) is 0 Å². The second-order valence-corrected chi connectivity index (χ2v) is 5.62. The first kappa shape index (κ1) is 17.2. The van der Waals surface area contributed by atoms with E-state index >= 15 is 0 Å². The number of carboxylic acids is 1. The van der Waals surface area contributed by atoms with Crippen LogP contribution in [-0.4, -0.2) is 23.0 Å². The lowest BCUT2D eigenvalue weighted by Gasteiger charge is -2.20. The Bertz CT molecular complexity index is 458. The largest absolute Gasteiger partial charge is 0.480 e. The van der Waals surface area contributed by atoms with Gasteiger partial charge in [-0.25, -0.2) is 4.79 Å². The Balaban J connectivity index is 2.48. The molecule has 0 saturated heterocycles. The molecule has 0 aliphatic heterocycles. The SMILES string of the molecule is CC[C@H](C)[C@H](NC(=O)CCC(C)c1ccccc1)C(=O)O. The van der Waals surface area contributed by atoms with Crippen molar-refractivity contribution < 1.29 is 14.7 Å². The van der Waals surface area contributed by atoms with Crippen LogP contribution in [0.5, 0.6) is 0 Å². The minimum absolute atomic E-state index is 0.0713. The van der Waals surface area contributed by atoms with Crippen LogP contribution in [0.25, 0.3) is 0 Å². The van der Waals surface area contributed by atoms with E-state index in [-0.39, 0.29) is 17.7 Å². The summed E-state index contributed by atoms with van der Waals surface area (Å²) in [7, 11) is 0. The Labute approximate surface area is 126 Å². The molecule has 1 aromatic rings. The second-order valence-electron chi connectivity index (χ2n) is 5.62. The third-order valence-electron chi connectivity index (χ3n) is 3.97. The highest BCUT2D eigenvalue weighted by Gasteiger charge is 2.25. The number of benzene rings is 1. The average molecular weight is 291 g/mol. The molecule has 0 spiro atoms. The van der Waals surface area contributed by atoms with E-state index in [1.807, 2.05) is 44.2 Å². The lowest BCUT2D eigenvalue weighted by atomic mass is 9.95. The van der Waals surface area contributed by atoms with E-state index < -0.39 is 12.0 Å². The minimum atomic E-state index is -0.964. The van der Waals surface area contributed by atoms with Crippen LogP contribution >= 0.6 is 0 Å². The van der Waals surface area contributed by atoms with Gasteiger partial charge in [-0.1, -0.05) is 57.5 Å². The van der Waals surface area contributed by atoms with E-state index in [9.17, 15) is 9.59 Å². The van der Waals surface area contributed by atoms with E-state index in [0.717, 1.165) is 6.42 Å². The van der Waals surface area contributed by atoms with Gasteiger partial charge in [-0.2, -0.15) is 0 Å². The number of carbonyl (C=O) groups is 2. The summed E-state index contributed by atoms with van der Waals surface area (Å²) in [6.45, 7) is 5.84. The Kier molecular flexibility index (Phi) is 6.92. The Morgan fingerprint density at radius 3 is 2.33 bits per heavy atom. The fourth-order valence-corrected chi connectivity index (χ4v) is 2.22. The lowest BCUT2D eigenvalue weighted by Crippen LogP contribution is -2.45. The summed E-state index contributed by atoms with van der Waals surface area (Å²) >= 11 is 0. The predicted molar refractivity (Wildman–Crippen MR) is 83.1 cm³/mol. The monoisotopic (exact) mass is 291 g/mol. The quantitative estimate of drug-likeness (QED) is 0.773. The number of amides is 1. The first-order valence-electron chi connectivity index (χ1n) is 7.52. The molecule has 0 bridgehead atoms. The maximum absolute atomic E-state index is 11.9. The number of hydrogen-bond acceptors (Lipinski definition) is 2. The van der Waals surface area contributed by atoms with Gasteiger partial charge < -0.3 is 10.4 Å². The van der Waals surface area contributed by atoms with Gasteiger partial charge in [0.05, 0.1) is 0 Å². The normalized spacial score (nSPS) is 15.0. The maximum Gasteiger partial charge on any atom is 0.326 e. The third-order valence-corrected chi connectivity index (χ3v) is 3.97. The number of carboxylic acid groups (broad SMARTS) is 1. The summed E-state index contributed by atoms with van der Waals surface area (Å²) in [5.74, 6) is -0.943. The smallest absolute Gasteiger partial charge is 0.326 e. The van der Waals surface area contributed by atoms with Gasteiger partial charge in [0.2, 0.25) is 5.91 Å². The van der Waals surface area contributed by atoms with Gasteiger partial charge in [0.25, 0.3) is 0 Å². The average Bonchev–Trinajstić information content (AvgIpc) is 2.50. The summed E-state index contributed by atoms with van der Waals surface area (Å²) in [5, 5.41) is 11.8. The standard InChI is InChI=1S/C17H25NO3/c1-4-12(2)16(17(20)21)18-15(19)11-10-13(3)14-8-6-5-7-9-14/h5-9,12-13,16H,4,10-11H2,1-3H3,(H,18,19)(H,20,21)/t12-,13?,16-/m0/s1. The molecule has 0 aliphatic rings. The molecule has 0 fully saturated rings. The van der Waals surface area contributed by atoms with Crippen LogP contribution in [0.2, 0.25) is 0 Å². The van der Waals surface area contributed by atoms with Gasteiger partial charge in [-0.05, 0) is 23.8 Å². The van der Waals surface area contributed by atoms with Gasteiger partial charge >= 0.3 is 5.97 Å². The Morgan fingerprint density at radius 2 is 1.81 bits per heavy atom. The molecule has 1 unspecified atom stereocenters. The van der Waals surface area contributed by atoms with Gasteiger partial charge in [-0.3, -0.25) is 4.79 Å². The van der Waals surface area contributed by atoms with Gasteiger partial charge in [0.15, 0.2) is 0 Å². The van der Waals surface area contributed by atoms with Crippen molar-refractivity contribution in [3.63, 3.8) is 0 Å². The maximum atomic E-state index is 11.9. The molecule has 116 valence electrons. The van der Waals surface area contributed by atoms with Crippen molar-refractivity contribution in [3.05, 3.63) is 35.9 Å². The number of nitrogens with one attached hydrogen (secondary N) is 1. The summed E-state index contributed by atoms with van der Waals surface area (Å²) in [6, 6.07) is 9.22. The van der Waals surface area contributed by atoms with Crippen molar-refractivity contribution in [2.45, 2.75) is 52.0 Å². The van der Waals surface area contributed by atoms with Crippen molar-refractivity contribution in [1.29, 1.82) is 0 Å². The molecule has 0 radical (unpaired) electrons. The molecule has 1 amide bonds. The molecule has 0 saturated carbocycles. The first-order valence-corrected chi connectivity index (χ1v) is 7.52. The van der Waals surface area contributed by atoms with E-state index in [2.05, 4.69) is 12.2 Å². The molecule has 21 heavy (non-hydrogen) atoms. The van der Waals surface area contributed by atoms with Crippen LogP contribution < -0.4 is 5.32 Å².